The average Bonchev–Trinajstić information content (AvgIpc) is 2.54. The van der Waals surface area contributed by atoms with Gasteiger partial charge in [-0.25, -0.2) is 0 Å². The van der Waals surface area contributed by atoms with Gasteiger partial charge in [-0.05, 0) is 30.5 Å². The van der Waals surface area contributed by atoms with Crippen molar-refractivity contribution in [2.24, 2.45) is 0 Å². The van der Waals surface area contributed by atoms with E-state index in [1.54, 1.807) is 12.1 Å². The van der Waals surface area contributed by atoms with E-state index in [9.17, 15) is 0 Å². The Hall–Kier alpha value is -1.22. The average molecular weight is 336 g/mol. The third-order valence-corrected chi connectivity index (χ3v) is 4.72. The van der Waals surface area contributed by atoms with Crippen molar-refractivity contribution < 1.29 is 4.74 Å². The van der Waals surface area contributed by atoms with Crippen LogP contribution in [0, 0.1) is 0 Å². The largest absolute Gasteiger partial charge is 0.490 e. The van der Waals surface area contributed by atoms with Crippen LogP contribution in [0.5, 0.6) is 5.75 Å². The standard InChI is InChI=1S/C18H19Cl2NO/c19-17-7-6-16(12-18(17)20)22-15-8-10-21(11-9-15)13-14-4-2-1-3-5-14/h1-7,12,15H,8-11,13H2. The minimum absolute atomic E-state index is 0.254. The van der Waals surface area contributed by atoms with Gasteiger partial charge in [-0.3, -0.25) is 4.90 Å². The van der Waals surface area contributed by atoms with Gasteiger partial charge in [0.1, 0.15) is 11.9 Å². The van der Waals surface area contributed by atoms with Gasteiger partial charge in [0, 0.05) is 25.7 Å². The number of hydrogen-bond donors (Lipinski definition) is 0. The number of benzene rings is 2. The molecule has 2 nitrogen and oxygen atoms in total. The summed E-state index contributed by atoms with van der Waals surface area (Å²) < 4.78 is 6.02. The molecule has 22 heavy (non-hydrogen) atoms. The van der Waals surface area contributed by atoms with Gasteiger partial charge in [0.15, 0.2) is 0 Å². The summed E-state index contributed by atoms with van der Waals surface area (Å²) >= 11 is 12.0. The second kappa shape index (κ2) is 7.36. The molecule has 2 aromatic carbocycles. The Labute approximate surface area is 141 Å². The predicted molar refractivity (Wildman–Crippen MR) is 91.8 cm³/mol. The molecule has 0 aromatic heterocycles. The Morgan fingerprint density at radius 2 is 1.68 bits per heavy atom. The maximum atomic E-state index is 6.02. The van der Waals surface area contributed by atoms with E-state index in [0.717, 1.165) is 38.2 Å². The van der Waals surface area contributed by atoms with Crippen LogP contribution in [-0.2, 0) is 6.54 Å². The first-order valence-electron chi connectivity index (χ1n) is 7.59. The fourth-order valence-corrected chi connectivity index (χ4v) is 3.06. The summed E-state index contributed by atoms with van der Waals surface area (Å²) in [6.45, 7) is 3.13. The molecule has 1 fully saturated rings. The van der Waals surface area contributed by atoms with Gasteiger partial charge in [0.2, 0.25) is 0 Å². The lowest BCUT2D eigenvalue weighted by Gasteiger charge is -2.32. The Balaban J connectivity index is 1.50. The molecule has 0 radical (unpaired) electrons. The summed E-state index contributed by atoms with van der Waals surface area (Å²) in [4.78, 5) is 2.48. The van der Waals surface area contributed by atoms with Crippen molar-refractivity contribution in [1.82, 2.24) is 4.90 Å². The van der Waals surface area contributed by atoms with Crippen LogP contribution in [0.3, 0.4) is 0 Å². The highest BCUT2D eigenvalue weighted by molar-refractivity contribution is 6.42. The molecule has 3 rings (SSSR count). The van der Waals surface area contributed by atoms with E-state index in [1.165, 1.54) is 5.56 Å². The molecule has 0 aliphatic carbocycles. The highest BCUT2D eigenvalue weighted by Gasteiger charge is 2.20. The lowest BCUT2D eigenvalue weighted by atomic mass is 10.1. The van der Waals surface area contributed by atoms with Crippen LogP contribution in [0.25, 0.3) is 0 Å². The summed E-state index contributed by atoms with van der Waals surface area (Å²) in [6, 6.07) is 16.1. The third kappa shape index (κ3) is 4.16. The van der Waals surface area contributed by atoms with Gasteiger partial charge in [-0.15, -0.1) is 0 Å². The van der Waals surface area contributed by atoms with Crippen LogP contribution in [0.2, 0.25) is 10.0 Å². The first kappa shape index (κ1) is 15.7. The van der Waals surface area contributed by atoms with Crippen molar-refractivity contribution in [2.45, 2.75) is 25.5 Å². The highest BCUT2D eigenvalue weighted by Crippen LogP contribution is 2.28. The van der Waals surface area contributed by atoms with Gasteiger partial charge in [-0.2, -0.15) is 0 Å². The molecule has 1 saturated heterocycles. The summed E-state index contributed by atoms with van der Waals surface area (Å²) in [5.41, 5.74) is 1.37. The normalized spacial score (nSPS) is 16.6. The molecule has 2 aromatic rings. The number of rotatable bonds is 4. The minimum atomic E-state index is 0.254. The Morgan fingerprint density at radius 1 is 0.955 bits per heavy atom. The number of halogens is 2. The molecule has 0 amide bonds. The zero-order chi connectivity index (χ0) is 15.4. The van der Waals surface area contributed by atoms with Crippen LogP contribution in [0.15, 0.2) is 48.5 Å². The molecule has 0 saturated carbocycles. The molecule has 116 valence electrons. The van der Waals surface area contributed by atoms with Crippen LogP contribution in [0.4, 0.5) is 0 Å². The second-order valence-corrected chi connectivity index (χ2v) is 6.47. The van der Waals surface area contributed by atoms with Crippen molar-refractivity contribution in [2.75, 3.05) is 13.1 Å². The number of likely N-dealkylation sites (tertiary alicyclic amines) is 1. The summed E-state index contributed by atoms with van der Waals surface area (Å²) in [5.74, 6) is 0.802. The maximum absolute atomic E-state index is 6.02. The summed E-state index contributed by atoms with van der Waals surface area (Å²) in [7, 11) is 0. The van der Waals surface area contributed by atoms with Gasteiger partial charge < -0.3 is 4.74 Å². The molecule has 4 heteroatoms. The number of ether oxygens (including phenoxy) is 1. The summed E-state index contributed by atoms with van der Waals surface area (Å²) in [5, 5.41) is 1.10. The van der Waals surface area contributed by atoms with E-state index < -0.39 is 0 Å². The maximum Gasteiger partial charge on any atom is 0.121 e. The molecule has 0 N–H and O–H groups in total. The molecule has 1 heterocycles. The molecule has 1 aliphatic rings. The lowest BCUT2D eigenvalue weighted by molar-refractivity contribution is 0.0968. The lowest BCUT2D eigenvalue weighted by Crippen LogP contribution is -2.37. The van der Waals surface area contributed by atoms with Crippen molar-refractivity contribution in [3.8, 4) is 5.75 Å². The molecule has 0 bridgehead atoms. The summed E-state index contributed by atoms with van der Waals surface area (Å²) in [6.07, 6.45) is 2.32. The van der Waals surface area contributed by atoms with Crippen molar-refractivity contribution in [1.29, 1.82) is 0 Å². The van der Waals surface area contributed by atoms with Gasteiger partial charge >= 0.3 is 0 Å². The quantitative estimate of drug-likeness (QED) is 0.776. The minimum Gasteiger partial charge on any atom is -0.490 e. The molecule has 0 spiro atoms. The zero-order valence-electron chi connectivity index (χ0n) is 12.3. The third-order valence-electron chi connectivity index (χ3n) is 3.98. The van der Waals surface area contributed by atoms with Crippen LogP contribution >= 0.6 is 23.2 Å². The number of nitrogens with zero attached hydrogens (tertiary/aromatic N) is 1. The molecular formula is C18H19Cl2NO. The molecular weight excluding hydrogens is 317 g/mol. The van der Waals surface area contributed by atoms with Gasteiger partial charge in [0.05, 0.1) is 10.0 Å². The number of hydrogen-bond acceptors (Lipinski definition) is 2. The smallest absolute Gasteiger partial charge is 0.121 e. The van der Waals surface area contributed by atoms with E-state index in [-0.39, 0.29) is 6.10 Å². The highest BCUT2D eigenvalue weighted by atomic mass is 35.5. The van der Waals surface area contributed by atoms with Crippen molar-refractivity contribution in [3.63, 3.8) is 0 Å². The Kier molecular flexibility index (Phi) is 5.24. The Bertz CT molecular complexity index is 610. The van der Waals surface area contributed by atoms with E-state index in [2.05, 4.69) is 35.2 Å². The first-order valence-corrected chi connectivity index (χ1v) is 8.34. The number of piperidine rings is 1. The first-order chi connectivity index (χ1) is 10.7. The fraction of sp³-hybridized carbons (Fsp3) is 0.333. The van der Waals surface area contributed by atoms with E-state index in [1.807, 2.05) is 6.07 Å². The molecule has 0 atom stereocenters. The van der Waals surface area contributed by atoms with Crippen molar-refractivity contribution in [3.05, 3.63) is 64.1 Å². The van der Waals surface area contributed by atoms with Crippen molar-refractivity contribution >= 4 is 23.2 Å². The monoisotopic (exact) mass is 335 g/mol. The van der Waals surface area contributed by atoms with Crippen LogP contribution < -0.4 is 4.74 Å². The second-order valence-electron chi connectivity index (χ2n) is 5.65. The van der Waals surface area contributed by atoms with Crippen LogP contribution in [0.1, 0.15) is 18.4 Å². The van der Waals surface area contributed by atoms with E-state index >= 15 is 0 Å². The van der Waals surface area contributed by atoms with Crippen LogP contribution in [-0.4, -0.2) is 24.1 Å². The zero-order valence-corrected chi connectivity index (χ0v) is 13.9. The SMILES string of the molecule is Clc1ccc(OC2CCN(Cc3ccccc3)CC2)cc1Cl. The fourth-order valence-electron chi connectivity index (χ4n) is 2.77. The molecule has 0 unspecified atom stereocenters. The topological polar surface area (TPSA) is 12.5 Å². The molecule has 1 aliphatic heterocycles. The van der Waals surface area contributed by atoms with Gasteiger partial charge in [0.25, 0.3) is 0 Å². The van der Waals surface area contributed by atoms with E-state index in [4.69, 9.17) is 27.9 Å². The van der Waals surface area contributed by atoms with E-state index in [0.29, 0.717) is 10.0 Å². The van der Waals surface area contributed by atoms with Gasteiger partial charge in [-0.1, -0.05) is 53.5 Å². The predicted octanol–water partition coefficient (Wildman–Crippen LogP) is 5.04. The Morgan fingerprint density at radius 3 is 2.36 bits per heavy atom.